The summed E-state index contributed by atoms with van der Waals surface area (Å²) in [6, 6.07) is 16.4. The van der Waals surface area contributed by atoms with E-state index in [-0.39, 0.29) is 6.04 Å². The first-order chi connectivity index (χ1) is 10.1. The maximum Gasteiger partial charge on any atom is 0.115 e. The zero-order chi connectivity index (χ0) is 15.2. The van der Waals surface area contributed by atoms with Gasteiger partial charge in [-0.2, -0.15) is 0 Å². The minimum Gasteiger partial charge on any atom is -0.508 e. The first-order valence-corrected chi connectivity index (χ1v) is 7.79. The summed E-state index contributed by atoms with van der Waals surface area (Å²) in [5.74, 6) is 0.921. The normalized spacial score (nSPS) is 13.7. The Morgan fingerprint density at radius 2 is 1.43 bits per heavy atom. The second kappa shape index (κ2) is 7.16. The number of phenols is 1. The fraction of sp³-hybridized carbons (Fsp3) is 0.368. The van der Waals surface area contributed by atoms with Gasteiger partial charge in [-0.3, -0.25) is 0 Å². The molecule has 2 aromatic carbocycles. The summed E-state index contributed by atoms with van der Waals surface area (Å²) in [5.41, 5.74) is 3.73. The van der Waals surface area contributed by atoms with Gasteiger partial charge in [0, 0.05) is 5.69 Å². The molecule has 2 aromatic rings. The van der Waals surface area contributed by atoms with Crippen molar-refractivity contribution in [3.63, 3.8) is 0 Å². The van der Waals surface area contributed by atoms with Crippen molar-refractivity contribution < 1.29 is 5.11 Å². The molecule has 0 radical (unpaired) electrons. The molecule has 2 nitrogen and oxygen atoms in total. The van der Waals surface area contributed by atoms with E-state index >= 15 is 0 Å². The quantitative estimate of drug-likeness (QED) is 0.737. The Balaban J connectivity index is 2.09. The van der Waals surface area contributed by atoms with E-state index in [1.807, 2.05) is 12.1 Å². The molecule has 0 aliphatic rings. The van der Waals surface area contributed by atoms with Gasteiger partial charge < -0.3 is 10.4 Å². The van der Waals surface area contributed by atoms with E-state index in [1.54, 1.807) is 12.1 Å². The summed E-state index contributed by atoms with van der Waals surface area (Å²) in [7, 11) is 0. The molecule has 2 rings (SSSR count). The lowest BCUT2D eigenvalue weighted by Crippen LogP contribution is -2.09. The van der Waals surface area contributed by atoms with Gasteiger partial charge in [-0.1, -0.05) is 45.0 Å². The maximum absolute atomic E-state index is 9.39. The van der Waals surface area contributed by atoms with Crippen LogP contribution >= 0.6 is 0 Å². The Morgan fingerprint density at radius 3 is 1.95 bits per heavy atom. The van der Waals surface area contributed by atoms with E-state index in [1.165, 1.54) is 11.1 Å². The van der Waals surface area contributed by atoms with Crippen molar-refractivity contribution in [3.05, 3.63) is 59.7 Å². The van der Waals surface area contributed by atoms with Crippen molar-refractivity contribution in [3.8, 4) is 5.75 Å². The van der Waals surface area contributed by atoms with Crippen LogP contribution in [0.3, 0.4) is 0 Å². The van der Waals surface area contributed by atoms with Crippen LogP contribution < -0.4 is 5.32 Å². The summed E-state index contributed by atoms with van der Waals surface area (Å²) in [6.07, 6.45) is 2.16. The minimum atomic E-state index is 0.264. The number of benzene rings is 2. The van der Waals surface area contributed by atoms with E-state index in [0.717, 1.165) is 18.5 Å². The number of rotatable bonds is 6. The topological polar surface area (TPSA) is 32.3 Å². The van der Waals surface area contributed by atoms with Crippen LogP contribution in [-0.4, -0.2) is 5.11 Å². The summed E-state index contributed by atoms with van der Waals surface area (Å²) >= 11 is 0. The molecule has 0 spiro atoms. The Bertz CT molecular complexity index is 545. The molecule has 0 bridgehead atoms. The standard InChI is InChI=1S/C19H25NO/c1-4-14(3)15-6-10-17(11-7-15)20-19(5-2)16-8-12-18(21)13-9-16/h6-14,19-21H,4-5H2,1-3H3. The lowest BCUT2D eigenvalue weighted by atomic mass is 9.98. The van der Waals surface area contributed by atoms with E-state index in [9.17, 15) is 5.11 Å². The molecule has 0 fully saturated rings. The van der Waals surface area contributed by atoms with Crippen molar-refractivity contribution >= 4 is 5.69 Å². The van der Waals surface area contributed by atoms with Crippen molar-refractivity contribution in [2.45, 2.75) is 45.6 Å². The predicted octanol–water partition coefficient (Wildman–Crippen LogP) is 5.47. The molecule has 0 heterocycles. The van der Waals surface area contributed by atoms with Gasteiger partial charge in [0.1, 0.15) is 5.75 Å². The molecule has 0 aromatic heterocycles. The molecule has 0 saturated heterocycles. The smallest absolute Gasteiger partial charge is 0.115 e. The Kier molecular flexibility index (Phi) is 5.26. The van der Waals surface area contributed by atoms with E-state index in [4.69, 9.17) is 0 Å². The second-order valence-electron chi connectivity index (χ2n) is 5.63. The van der Waals surface area contributed by atoms with Crippen molar-refractivity contribution in [2.75, 3.05) is 5.32 Å². The zero-order valence-corrected chi connectivity index (χ0v) is 13.1. The number of hydrogen-bond donors (Lipinski definition) is 2. The highest BCUT2D eigenvalue weighted by Gasteiger charge is 2.09. The lowest BCUT2D eigenvalue weighted by Gasteiger charge is -2.19. The fourth-order valence-corrected chi connectivity index (χ4v) is 2.47. The van der Waals surface area contributed by atoms with E-state index in [2.05, 4.69) is 50.4 Å². The highest BCUT2D eigenvalue weighted by molar-refractivity contribution is 5.47. The van der Waals surface area contributed by atoms with E-state index in [0.29, 0.717) is 11.7 Å². The molecule has 0 amide bonds. The van der Waals surface area contributed by atoms with Crippen molar-refractivity contribution in [2.24, 2.45) is 0 Å². The summed E-state index contributed by atoms with van der Waals surface area (Å²) < 4.78 is 0. The molecule has 2 unspecified atom stereocenters. The van der Waals surface area contributed by atoms with Crippen LogP contribution in [0, 0.1) is 0 Å². The van der Waals surface area contributed by atoms with Gasteiger partial charge in [-0.05, 0) is 54.2 Å². The van der Waals surface area contributed by atoms with Crippen LogP contribution in [0.1, 0.15) is 56.7 Å². The Morgan fingerprint density at radius 1 is 0.857 bits per heavy atom. The summed E-state index contributed by atoms with van der Waals surface area (Å²) in [6.45, 7) is 6.64. The van der Waals surface area contributed by atoms with Gasteiger partial charge in [0.25, 0.3) is 0 Å². The molecule has 0 aliphatic carbocycles. The predicted molar refractivity (Wildman–Crippen MR) is 89.9 cm³/mol. The van der Waals surface area contributed by atoms with E-state index < -0.39 is 0 Å². The molecule has 2 N–H and O–H groups in total. The molecular weight excluding hydrogens is 258 g/mol. The van der Waals surface area contributed by atoms with Gasteiger partial charge in [0.15, 0.2) is 0 Å². The minimum absolute atomic E-state index is 0.264. The molecule has 112 valence electrons. The van der Waals surface area contributed by atoms with Crippen molar-refractivity contribution in [1.29, 1.82) is 0 Å². The Labute approximate surface area is 127 Å². The third kappa shape index (κ3) is 4.01. The van der Waals surface area contributed by atoms with Gasteiger partial charge in [-0.15, -0.1) is 0 Å². The molecule has 0 aliphatic heterocycles. The average molecular weight is 283 g/mol. The number of anilines is 1. The molecule has 21 heavy (non-hydrogen) atoms. The lowest BCUT2D eigenvalue weighted by molar-refractivity contribution is 0.475. The first kappa shape index (κ1) is 15.4. The number of phenolic OH excluding ortho intramolecular Hbond substituents is 1. The Hall–Kier alpha value is -1.96. The van der Waals surface area contributed by atoms with Crippen LogP contribution in [0.2, 0.25) is 0 Å². The van der Waals surface area contributed by atoms with Gasteiger partial charge in [-0.25, -0.2) is 0 Å². The van der Waals surface area contributed by atoms with Gasteiger partial charge in [0.05, 0.1) is 6.04 Å². The summed E-state index contributed by atoms with van der Waals surface area (Å²) in [5, 5.41) is 13.0. The number of nitrogens with one attached hydrogen (secondary N) is 1. The molecule has 2 heteroatoms. The van der Waals surface area contributed by atoms with Crippen molar-refractivity contribution in [1.82, 2.24) is 0 Å². The summed E-state index contributed by atoms with van der Waals surface area (Å²) in [4.78, 5) is 0. The largest absolute Gasteiger partial charge is 0.508 e. The van der Waals surface area contributed by atoms with Gasteiger partial charge >= 0.3 is 0 Å². The second-order valence-corrected chi connectivity index (χ2v) is 5.63. The van der Waals surface area contributed by atoms with Crippen LogP contribution in [0.25, 0.3) is 0 Å². The van der Waals surface area contributed by atoms with Crippen LogP contribution in [0.15, 0.2) is 48.5 Å². The highest BCUT2D eigenvalue weighted by atomic mass is 16.3. The van der Waals surface area contributed by atoms with Gasteiger partial charge in [0.2, 0.25) is 0 Å². The molecule has 2 atom stereocenters. The monoisotopic (exact) mass is 283 g/mol. The zero-order valence-electron chi connectivity index (χ0n) is 13.1. The van der Waals surface area contributed by atoms with Crippen LogP contribution in [0.4, 0.5) is 5.69 Å². The fourth-order valence-electron chi connectivity index (χ4n) is 2.47. The highest BCUT2D eigenvalue weighted by Crippen LogP contribution is 2.26. The molecule has 0 saturated carbocycles. The number of hydrogen-bond acceptors (Lipinski definition) is 2. The molecular formula is C19H25NO. The first-order valence-electron chi connectivity index (χ1n) is 7.79. The maximum atomic E-state index is 9.39. The average Bonchev–Trinajstić information content (AvgIpc) is 2.53. The van der Waals surface area contributed by atoms with Crippen LogP contribution in [-0.2, 0) is 0 Å². The number of aromatic hydroxyl groups is 1. The van der Waals surface area contributed by atoms with Crippen LogP contribution in [0.5, 0.6) is 5.75 Å². The third-order valence-corrected chi connectivity index (χ3v) is 4.14. The third-order valence-electron chi connectivity index (χ3n) is 4.14. The SMILES string of the molecule is CCC(C)c1ccc(NC(CC)c2ccc(O)cc2)cc1.